The summed E-state index contributed by atoms with van der Waals surface area (Å²) >= 11 is 0. The van der Waals surface area contributed by atoms with E-state index in [-0.39, 0.29) is 35.8 Å². The van der Waals surface area contributed by atoms with Gasteiger partial charge in [0.2, 0.25) is 5.91 Å². The third-order valence-corrected chi connectivity index (χ3v) is 6.05. The summed E-state index contributed by atoms with van der Waals surface area (Å²) in [5.74, 6) is 0.874. The van der Waals surface area contributed by atoms with E-state index >= 15 is 0 Å². The minimum atomic E-state index is -0.130. The lowest BCUT2D eigenvalue weighted by Crippen LogP contribution is -2.40. The van der Waals surface area contributed by atoms with Crippen LogP contribution in [-0.2, 0) is 4.79 Å². The van der Waals surface area contributed by atoms with E-state index in [9.17, 15) is 4.79 Å². The molecule has 0 spiro atoms. The Balaban J connectivity index is 0.00000420. The number of halogens is 1. The second-order valence-electron chi connectivity index (χ2n) is 8.26. The van der Waals surface area contributed by atoms with Crippen LogP contribution in [-0.4, -0.2) is 81.1 Å². The van der Waals surface area contributed by atoms with Crippen molar-refractivity contribution >= 4 is 35.8 Å². The highest BCUT2D eigenvalue weighted by molar-refractivity contribution is 14.0. The van der Waals surface area contributed by atoms with Gasteiger partial charge < -0.3 is 26.2 Å². The van der Waals surface area contributed by atoms with Gasteiger partial charge in [0.15, 0.2) is 5.96 Å². The van der Waals surface area contributed by atoms with Crippen molar-refractivity contribution in [2.24, 2.45) is 16.6 Å². The Morgan fingerprint density at radius 2 is 1.45 bits per heavy atom. The monoisotopic (exact) mass is 522 g/mol. The summed E-state index contributed by atoms with van der Waals surface area (Å²) in [6.07, 6.45) is 10.8. The van der Waals surface area contributed by atoms with E-state index in [2.05, 4.69) is 25.4 Å². The normalized spacial score (nSPS) is 20.0. The average Bonchev–Trinajstić information content (AvgIpc) is 2.98. The zero-order valence-corrected chi connectivity index (χ0v) is 20.7. The quantitative estimate of drug-likeness (QED) is 0.177. The summed E-state index contributed by atoms with van der Waals surface area (Å²) in [5, 5.41) is 6.86. The van der Waals surface area contributed by atoms with Crippen LogP contribution in [0.3, 0.4) is 0 Å². The number of piperidine rings is 1. The number of hydrogen-bond acceptors (Lipinski definition) is 4. The van der Waals surface area contributed by atoms with Gasteiger partial charge in [0.1, 0.15) is 0 Å². The molecule has 0 aromatic heterocycles. The fraction of sp³-hybridized carbons (Fsp3) is 0.905. The maximum absolute atomic E-state index is 11.2. The first-order valence-corrected chi connectivity index (χ1v) is 11.4. The van der Waals surface area contributed by atoms with Crippen LogP contribution >= 0.6 is 24.0 Å². The molecule has 2 rings (SSSR count). The number of nitrogens with two attached hydrogens (primary N) is 1. The molecule has 2 fully saturated rings. The van der Waals surface area contributed by atoms with Crippen LogP contribution in [0.25, 0.3) is 0 Å². The molecule has 2 saturated heterocycles. The summed E-state index contributed by atoms with van der Waals surface area (Å²) in [6, 6.07) is 0. The minimum absolute atomic E-state index is 0. The number of carbonyl (C=O) groups is 1. The molecule has 2 aliphatic rings. The molecule has 0 aliphatic carbocycles. The molecule has 8 heteroatoms. The summed E-state index contributed by atoms with van der Waals surface area (Å²) in [7, 11) is 1.84. The standard InChI is InChI=1S/C21H42N6O.HI/c1-23-21(25-12-8-16-26-13-5-2-3-6-14-26)24-11-4-7-15-27-17-9-19(10-18-27)20(22)28;/h19H,2-18H2,1H3,(H2,22,28)(H2,23,24,25);1H. The fourth-order valence-corrected chi connectivity index (χ4v) is 4.20. The molecule has 0 unspecified atom stereocenters. The van der Waals surface area contributed by atoms with Crippen molar-refractivity contribution in [1.82, 2.24) is 20.4 Å². The second-order valence-corrected chi connectivity index (χ2v) is 8.26. The first kappa shape index (κ1) is 26.4. The van der Waals surface area contributed by atoms with Gasteiger partial charge in [-0.25, -0.2) is 0 Å². The van der Waals surface area contributed by atoms with Crippen LogP contribution in [0.4, 0.5) is 0 Å². The van der Waals surface area contributed by atoms with E-state index in [1.807, 2.05) is 7.05 Å². The first-order chi connectivity index (χ1) is 13.7. The van der Waals surface area contributed by atoms with Crippen LogP contribution in [0.5, 0.6) is 0 Å². The van der Waals surface area contributed by atoms with Crippen molar-refractivity contribution in [2.75, 3.05) is 59.4 Å². The highest BCUT2D eigenvalue weighted by atomic mass is 127. The van der Waals surface area contributed by atoms with Gasteiger partial charge in [-0.15, -0.1) is 24.0 Å². The van der Waals surface area contributed by atoms with E-state index in [1.54, 1.807) is 0 Å². The van der Waals surface area contributed by atoms with Gasteiger partial charge >= 0.3 is 0 Å². The molecule has 170 valence electrons. The Hall–Kier alpha value is -0.610. The number of rotatable bonds is 10. The van der Waals surface area contributed by atoms with Crippen molar-refractivity contribution < 1.29 is 4.79 Å². The highest BCUT2D eigenvalue weighted by Gasteiger charge is 2.22. The Labute approximate surface area is 194 Å². The van der Waals surface area contributed by atoms with Crippen LogP contribution < -0.4 is 16.4 Å². The Kier molecular flexibility index (Phi) is 14.7. The van der Waals surface area contributed by atoms with Crippen molar-refractivity contribution in [3.8, 4) is 0 Å². The predicted molar refractivity (Wildman–Crippen MR) is 132 cm³/mol. The molecule has 7 nitrogen and oxygen atoms in total. The van der Waals surface area contributed by atoms with E-state index in [0.717, 1.165) is 57.9 Å². The zero-order valence-electron chi connectivity index (χ0n) is 18.3. The molecule has 0 saturated carbocycles. The van der Waals surface area contributed by atoms with Gasteiger partial charge in [-0.2, -0.15) is 0 Å². The fourth-order valence-electron chi connectivity index (χ4n) is 4.20. The smallest absolute Gasteiger partial charge is 0.220 e. The lowest BCUT2D eigenvalue weighted by atomic mass is 9.96. The number of primary amides is 1. The van der Waals surface area contributed by atoms with Crippen LogP contribution in [0, 0.1) is 5.92 Å². The third kappa shape index (κ3) is 11.4. The number of carbonyl (C=O) groups excluding carboxylic acids is 1. The van der Waals surface area contributed by atoms with Gasteiger partial charge in [0, 0.05) is 26.1 Å². The number of nitrogens with zero attached hydrogens (tertiary/aromatic N) is 3. The molecule has 0 radical (unpaired) electrons. The lowest BCUT2D eigenvalue weighted by molar-refractivity contribution is -0.123. The lowest BCUT2D eigenvalue weighted by Gasteiger charge is -2.30. The van der Waals surface area contributed by atoms with Crippen LogP contribution in [0.1, 0.15) is 57.8 Å². The molecule has 2 aliphatic heterocycles. The Morgan fingerprint density at radius 3 is 2.03 bits per heavy atom. The van der Waals surface area contributed by atoms with Crippen LogP contribution in [0.2, 0.25) is 0 Å². The molecule has 29 heavy (non-hydrogen) atoms. The molecule has 1 amide bonds. The maximum Gasteiger partial charge on any atom is 0.220 e. The molecule has 2 heterocycles. The summed E-state index contributed by atoms with van der Waals surface area (Å²) in [5.41, 5.74) is 5.40. The van der Waals surface area contributed by atoms with Crippen molar-refractivity contribution in [3.63, 3.8) is 0 Å². The van der Waals surface area contributed by atoms with E-state index in [4.69, 9.17) is 5.73 Å². The predicted octanol–water partition coefficient (Wildman–Crippen LogP) is 2.01. The maximum atomic E-state index is 11.2. The van der Waals surface area contributed by atoms with E-state index in [0.29, 0.717) is 0 Å². The van der Waals surface area contributed by atoms with Gasteiger partial charge in [-0.05, 0) is 84.2 Å². The van der Waals surface area contributed by atoms with Gasteiger partial charge in [-0.3, -0.25) is 9.79 Å². The topological polar surface area (TPSA) is 86.0 Å². The number of unbranched alkanes of at least 4 members (excludes halogenated alkanes) is 1. The van der Waals surface area contributed by atoms with E-state index < -0.39 is 0 Å². The molecule has 0 aromatic rings. The van der Waals surface area contributed by atoms with Crippen molar-refractivity contribution in [2.45, 2.75) is 57.8 Å². The number of likely N-dealkylation sites (tertiary alicyclic amines) is 2. The molecular weight excluding hydrogens is 479 g/mol. The largest absolute Gasteiger partial charge is 0.369 e. The number of amides is 1. The molecule has 0 aromatic carbocycles. The Morgan fingerprint density at radius 1 is 0.897 bits per heavy atom. The first-order valence-electron chi connectivity index (χ1n) is 11.4. The summed E-state index contributed by atoms with van der Waals surface area (Å²) in [4.78, 5) is 20.6. The van der Waals surface area contributed by atoms with Crippen molar-refractivity contribution in [1.29, 1.82) is 0 Å². The summed E-state index contributed by atoms with van der Waals surface area (Å²) in [6.45, 7) is 8.77. The SMILES string of the molecule is CN=C(NCCCCN1CCC(C(N)=O)CC1)NCCCN1CCCCCC1.I. The molecular formula is C21H43IN6O. The van der Waals surface area contributed by atoms with Crippen LogP contribution in [0.15, 0.2) is 4.99 Å². The number of guanidine groups is 1. The van der Waals surface area contributed by atoms with Gasteiger partial charge in [0.05, 0.1) is 0 Å². The molecule has 0 bridgehead atoms. The Bertz CT molecular complexity index is 460. The van der Waals surface area contributed by atoms with Crippen molar-refractivity contribution in [3.05, 3.63) is 0 Å². The number of hydrogen-bond donors (Lipinski definition) is 3. The molecule has 0 atom stereocenters. The second kappa shape index (κ2) is 16.1. The summed E-state index contributed by atoms with van der Waals surface area (Å²) < 4.78 is 0. The zero-order chi connectivity index (χ0) is 20.0. The average molecular weight is 523 g/mol. The molecule has 4 N–H and O–H groups in total. The van der Waals surface area contributed by atoms with Gasteiger partial charge in [0.25, 0.3) is 0 Å². The van der Waals surface area contributed by atoms with Gasteiger partial charge in [-0.1, -0.05) is 12.8 Å². The third-order valence-electron chi connectivity index (χ3n) is 6.05. The van der Waals surface area contributed by atoms with E-state index in [1.165, 1.54) is 58.2 Å². The highest BCUT2D eigenvalue weighted by Crippen LogP contribution is 2.16. The number of nitrogens with one attached hydrogen (secondary N) is 2. The number of aliphatic imine (C=N–C) groups is 1. The minimum Gasteiger partial charge on any atom is -0.369 e.